The van der Waals surface area contributed by atoms with Gasteiger partial charge in [0.05, 0.1) is 11.7 Å². The molecule has 1 aromatic heterocycles. The number of rotatable bonds is 3. The van der Waals surface area contributed by atoms with Gasteiger partial charge in [0.2, 0.25) is 10.0 Å². The molecular weight excluding hydrogens is 274 g/mol. The minimum Gasteiger partial charge on any atom is -0.268 e. The van der Waals surface area contributed by atoms with Gasteiger partial charge >= 0.3 is 0 Å². The maximum absolute atomic E-state index is 12.7. The van der Waals surface area contributed by atoms with Crippen LogP contribution in [0.1, 0.15) is 56.7 Å². The quantitative estimate of drug-likeness (QED) is 0.861. The average molecular weight is 297 g/mol. The highest BCUT2D eigenvalue weighted by Gasteiger charge is 2.30. The third kappa shape index (κ3) is 2.51. The summed E-state index contributed by atoms with van der Waals surface area (Å²) in [5.74, 6) is 0. The number of aryl methyl sites for hydroxylation is 1. The molecule has 2 aliphatic rings. The van der Waals surface area contributed by atoms with E-state index in [9.17, 15) is 8.42 Å². The fraction of sp³-hybridized carbons (Fsp3) is 0.786. The van der Waals surface area contributed by atoms with Crippen molar-refractivity contribution in [3.63, 3.8) is 0 Å². The van der Waals surface area contributed by atoms with Crippen molar-refractivity contribution in [2.75, 3.05) is 13.1 Å². The van der Waals surface area contributed by atoms with E-state index in [1.807, 2.05) is 11.6 Å². The molecule has 2 heterocycles. The molecule has 5 nitrogen and oxygen atoms in total. The SMILES string of the molecule is Cc1nn(C2CCCC2)cc1S(=O)(=O)N1CCCCC1. The van der Waals surface area contributed by atoms with Gasteiger partial charge in [0.15, 0.2) is 0 Å². The molecule has 112 valence electrons. The summed E-state index contributed by atoms with van der Waals surface area (Å²) >= 11 is 0. The molecule has 1 saturated heterocycles. The van der Waals surface area contributed by atoms with Gasteiger partial charge in [-0.25, -0.2) is 8.42 Å². The summed E-state index contributed by atoms with van der Waals surface area (Å²) in [5.41, 5.74) is 0.641. The Morgan fingerprint density at radius 1 is 1.10 bits per heavy atom. The summed E-state index contributed by atoms with van der Waals surface area (Å²) in [6, 6.07) is 0.388. The second kappa shape index (κ2) is 5.48. The lowest BCUT2D eigenvalue weighted by molar-refractivity contribution is 0.346. The van der Waals surface area contributed by atoms with E-state index in [2.05, 4.69) is 5.10 Å². The maximum atomic E-state index is 12.7. The molecule has 0 atom stereocenters. The highest BCUT2D eigenvalue weighted by atomic mass is 32.2. The number of hydrogen-bond donors (Lipinski definition) is 0. The van der Waals surface area contributed by atoms with Crippen LogP contribution in [0.3, 0.4) is 0 Å². The Morgan fingerprint density at radius 3 is 2.40 bits per heavy atom. The van der Waals surface area contributed by atoms with Gasteiger partial charge in [0, 0.05) is 19.3 Å². The van der Waals surface area contributed by atoms with Gasteiger partial charge in [-0.3, -0.25) is 4.68 Å². The fourth-order valence-electron chi connectivity index (χ4n) is 3.32. The third-order valence-corrected chi connectivity index (χ3v) is 6.50. The summed E-state index contributed by atoms with van der Waals surface area (Å²) in [6.45, 7) is 3.11. The Labute approximate surface area is 121 Å². The van der Waals surface area contributed by atoms with E-state index in [1.54, 1.807) is 10.5 Å². The first kappa shape index (κ1) is 14.1. The molecule has 0 spiro atoms. The fourth-order valence-corrected chi connectivity index (χ4v) is 4.99. The van der Waals surface area contributed by atoms with E-state index >= 15 is 0 Å². The molecule has 1 saturated carbocycles. The summed E-state index contributed by atoms with van der Waals surface area (Å²) < 4.78 is 28.9. The van der Waals surface area contributed by atoms with Crippen molar-refractivity contribution < 1.29 is 8.42 Å². The molecule has 3 rings (SSSR count). The summed E-state index contributed by atoms with van der Waals surface area (Å²) in [4.78, 5) is 0.409. The molecule has 1 aliphatic carbocycles. The molecule has 0 aromatic carbocycles. The lowest BCUT2D eigenvalue weighted by Crippen LogP contribution is -2.35. The van der Waals surface area contributed by atoms with Gasteiger partial charge in [-0.05, 0) is 32.6 Å². The normalized spacial score (nSPS) is 22.4. The molecule has 0 amide bonds. The molecule has 6 heteroatoms. The number of nitrogens with zero attached hydrogens (tertiary/aromatic N) is 3. The van der Waals surface area contributed by atoms with Crippen LogP contribution < -0.4 is 0 Å². The molecule has 1 aliphatic heterocycles. The van der Waals surface area contributed by atoms with Crippen molar-refractivity contribution in [3.05, 3.63) is 11.9 Å². The van der Waals surface area contributed by atoms with Gasteiger partial charge in [-0.1, -0.05) is 19.3 Å². The van der Waals surface area contributed by atoms with Crippen molar-refractivity contribution in [2.45, 2.75) is 62.8 Å². The van der Waals surface area contributed by atoms with Crippen LogP contribution in [0, 0.1) is 6.92 Å². The van der Waals surface area contributed by atoms with Crippen LogP contribution in [0.2, 0.25) is 0 Å². The van der Waals surface area contributed by atoms with E-state index in [0.717, 1.165) is 32.1 Å². The number of hydrogen-bond acceptors (Lipinski definition) is 3. The summed E-state index contributed by atoms with van der Waals surface area (Å²) in [6.07, 6.45) is 9.50. The largest absolute Gasteiger partial charge is 0.268 e. The van der Waals surface area contributed by atoms with Crippen molar-refractivity contribution in [3.8, 4) is 0 Å². The second-order valence-corrected chi connectivity index (χ2v) is 7.87. The molecule has 0 N–H and O–H groups in total. The van der Waals surface area contributed by atoms with Gasteiger partial charge in [-0.15, -0.1) is 0 Å². The van der Waals surface area contributed by atoms with E-state index in [1.165, 1.54) is 12.8 Å². The van der Waals surface area contributed by atoms with E-state index in [-0.39, 0.29) is 0 Å². The molecular formula is C14H23N3O2S. The van der Waals surface area contributed by atoms with Crippen molar-refractivity contribution >= 4 is 10.0 Å². The minimum atomic E-state index is -3.35. The van der Waals surface area contributed by atoms with E-state index in [4.69, 9.17) is 0 Å². The number of piperidine rings is 1. The van der Waals surface area contributed by atoms with Crippen LogP contribution in [0.4, 0.5) is 0 Å². The maximum Gasteiger partial charge on any atom is 0.246 e. The number of sulfonamides is 1. The van der Waals surface area contributed by atoms with Crippen LogP contribution in [0.25, 0.3) is 0 Å². The summed E-state index contributed by atoms with van der Waals surface area (Å²) in [5, 5.41) is 4.46. The molecule has 0 radical (unpaired) electrons. The Morgan fingerprint density at radius 2 is 1.75 bits per heavy atom. The molecule has 20 heavy (non-hydrogen) atoms. The summed E-state index contributed by atoms with van der Waals surface area (Å²) in [7, 11) is -3.35. The zero-order valence-corrected chi connectivity index (χ0v) is 12.9. The van der Waals surface area contributed by atoms with E-state index in [0.29, 0.717) is 29.7 Å². The van der Waals surface area contributed by atoms with Gasteiger partial charge in [-0.2, -0.15) is 9.40 Å². The standard InChI is InChI=1S/C14H23N3O2S/c1-12-14(11-17(15-12)13-7-3-4-8-13)20(18,19)16-9-5-2-6-10-16/h11,13H,2-10H2,1H3. The van der Waals surface area contributed by atoms with E-state index < -0.39 is 10.0 Å². The Hall–Kier alpha value is -0.880. The first-order valence-corrected chi connectivity index (χ1v) is 9.09. The van der Waals surface area contributed by atoms with Gasteiger partial charge in [0.25, 0.3) is 0 Å². The van der Waals surface area contributed by atoms with Gasteiger partial charge in [0.1, 0.15) is 4.90 Å². The van der Waals surface area contributed by atoms with Crippen LogP contribution >= 0.6 is 0 Å². The minimum absolute atomic E-state index is 0.388. The Balaban J connectivity index is 1.88. The zero-order chi connectivity index (χ0) is 14.2. The van der Waals surface area contributed by atoms with Crippen LogP contribution in [-0.2, 0) is 10.0 Å². The van der Waals surface area contributed by atoms with Gasteiger partial charge < -0.3 is 0 Å². The average Bonchev–Trinajstić information content (AvgIpc) is 3.08. The van der Waals surface area contributed by atoms with Crippen molar-refractivity contribution in [2.24, 2.45) is 0 Å². The third-order valence-electron chi connectivity index (χ3n) is 4.50. The highest BCUT2D eigenvalue weighted by molar-refractivity contribution is 7.89. The predicted octanol–water partition coefficient (Wildman–Crippen LogP) is 2.48. The van der Waals surface area contributed by atoms with Crippen LogP contribution in [0.5, 0.6) is 0 Å². The van der Waals surface area contributed by atoms with Crippen molar-refractivity contribution in [1.82, 2.24) is 14.1 Å². The lowest BCUT2D eigenvalue weighted by Gasteiger charge is -2.25. The monoisotopic (exact) mass is 297 g/mol. The van der Waals surface area contributed by atoms with Crippen LogP contribution in [-0.4, -0.2) is 35.6 Å². The highest BCUT2D eigenvalue weighted by Crippen LogP contribution is 2.31. The zero-order valence-electron chi connectivity index (χ0n) is 12.1. The molecule has 2 fully saturated rings. The number of aromatic nitrogens is 2. The molecule has 0 bridgehead atoms. The first-order valence-electron chi connectivity index (χ1n) is 7.65. The first-order chi connectivity index (χ1) is 9.59. The molecule has 1 aromatic rings. The predicted molar refractivity (Wildman–Crippen MR) is 77.1 cm³/mol. The Kier molecular flexibility index (Phi) is 3.86. The smallest absolute Gasteiger partial charge is 0.246 e. The van der Waals surface area contributed by atoms with Crippen LogP contribution in [0.15, 0.2) is 11.1 Å². The Bertz CT molecular complexity index is 567. The molecule has 0 unspecified atom stereocenters. The lowest BCUT2D eigenvalue weighted by atomic mass is 10.2. The topological polar surface area (TPSA) is 55.2 Å². The second-order valence-electron chi connectivity index (χ2n) is 5.96. The van der Waals surface area contributed by atoms with Crippen molar-refractivity contribution in [1.29, 1.82) is 0 Å².